The highest BCUT2D eigenvalue weighted by Crippen LogP contribution is 2.24. The summed E-state index contributed by atoms with van der Waals surface area (Å²) < 4.78 is 0. The lowest BCUT2D eigenvalue weighted by Gasteiger charge is -2.06. The van der Waals surface area contributed by atoms with Crippen molar-refractivity contribution in [1.29, 1.82) is 0 Å². The minimum absolute atomic E-state index is 0.165. The summed E-state index contributed by atoms with van der Waals surface area (Å²) in [5.41, 5.74) is 8.00. The Morgan fingerprint density at radius 1 is 1.06 bits per heavy atom. The van der Waals surface area contributed by atoms with Crippen molar-refractivity contribution in [3.05, 3.63) is 63.1 Å². The third-order valence-electron chi connectivity index (χ3n) is 2.63. The lowest BCUT2D eigenvalue weighted by Crippen LogP contribution is -2.03. The molecule has 92 valence electrons. The van der Waals surface area contributed by atoms with Gasteiger partial charge in [-0.25, -0.2) is 0 Å². The zero-order valence-corrected chi connectivity index (χ0v) is 11.2. The number of carbonyl (C=O) groups excluding carboxylic acids is 1. The molecule has 0 aromatic heterocycles. The van der Waals surface area contributed by atoms with Crippen molar-refractivity contribution >= 4 is 34.7 Å². The van der Waals surface area contributed by atoms with Gasteiger partial charge in [0, 0.05) is 11.1 Å². The van der Waals surface area contributed by atoms with E-state index in [0.29, 0.717) is 26.9 Å². The summed E-state index contributed by atoms with van der Waals surface area (Å²) >= 11 is 12.0. The average Bonchev–Trinajstić information content (AvgIpc) is 2.32. The van der Waals surface area contributed by atoms with E-state index < -0.39 is 0 Å². The Balaban J connectivity index is 2.44. The van der Waals surface area contributed by atoms with Crippen LogP contribution < -0.4 is 5.73 Å². The van der Waals surface area contributed by atoms with Crippen LogP contribution in [-0.2, 0) is 0 Å². The first-order valence-electron chi connectivity index (χ1n) is 5.35. The third kappa shape index (κ3) is 2.50. The molecule has 0 aliphatic carbocycles. The Morgan fingerprint density at radius 3 is 2.39 bits per heavy atom. The molecule has 0 aliphatic heterocycles. The van der Waals surface area contributed by atoms with Crippen LogP contribution in [0.1, 0.15) is 21.5 Å². The van der Waals surface area contributed by atoms with Crippen LogP contribution in [0.25, 0.3) is 0 Å². The molecular weight excluding hydrogens is 269 g/mol. The number of anilines is 1. The monoisotopic (exact) mass is 279 g/mol. The Morgan fingerprint density at radius 2 is 1.78 bits per heavy atom. The van der Waals surface area contributed by atoms with Gasteiger partial charge in [0.15, 0.2) is 5.78 Å². The van der Waals surface area contributed by atoms with Crippen LogP contribution in [0.15, 0.2) is 36.4 Å². The van der Waals surface area contributed by atoms with Crippen LogP contribution in [-0.4, -0.2) is 5.78 Å². The predicted molar refractivity (Wildman–Crippen MR) is 75.5 cm³/mol. The molecule has 0 fully saturated rings. The van der Waals surface area contributed by atoms with Crippen LogP contribution in [0, 0.1) is 6.92 Å². The summed E-state index contributed by atoms with van der Waals surface area (Å²) in [5.74, 6) is -0.165. The first kappa shape index (κ1) is 12.9. The first-order valence-corrected chi connectivity index (χ1v) is 6.10. The topological polar surface area (TPSA) is 43.1 Å². The minimum Gasteiger partial charge on any atom is -0.398 e. The van der Waals surface area contributed by atoms with Gasteiger partial charge >= 0.3 is 0 Å². The van der Waals surface area contributed by atoms with Gasteiger partial charge in [0.25, 0.3) is 0 Å². The lowest BCUT2D eigenvalue weighted by molar-refractivity contribution is 0.103. The summed E-state index contributed by atoms with van der Waals surface area (Å²) in [7, 11) is 0. The molecule has 0 bridgehead atoms. The molecule has 0 unspecified atom stereocenters. The van der Waals surface area contributed by atoms with Crippen molar-refractivity contribution in [2.24, 2.45) is 0 Å². The quantitative estimate of drug-likeness (QED) is 0.664. The Kier molecular flexibility index (Phi) is 3.60. The Bertz CT molecular complexity index is 623. The highest BCUT2D eigenvalue weighted by Gasteiger charge is 2.13. The van der Waals surface area contributed by atoms with Gasteiger partial charge in [-0.2, -0.15) is 0 Å². The second kappa shape index (κ2) is 5.01. The van der Waals surface area contributed by atoms with E-state index in [4.69, 9.17) is 28.9 Å². The number of hydrogen-bond donors (Lipinski definition) is 1. The maximum absolute atomic E-state index is 12.3. The van der Waals surface area contributed by atoms with Gasteiger partial charge in [-0.3, -0.25) is 4.79 Å². The number of carbonyl (C=O) groups is 1. The zero-order valence-electron chi connectivity index (χ0n) is 9.71. The number of ketones is 1. The van der Waals surface area contributed by atoms with Gasteiger partial charge in [-0.1, -0.05) is 29.3 Å². The number of rotatable bonds is 2. The fourth-order valence-corrected chi connectivity index (χ4v) is 2.13. The van der Waals surface area contributed by atoms with Crippen molar-refractivity contribution in [3.63, 3.8) is 0 Å². The maximum Gasteiger partial charge on any atom is 0.194 e. The molecule has 2 nitrogen and oxygen atoms in total. The molecule has 0 heterocycles. The van der Waals surface area contributed by atoms with Crippen molar-refractivity contribution in [3.8, 4) is 0 Å². The van der Waals surface area contributed by atoms with Crippen molar-refractivity contribution < 1.29 is 4.79 Å². The second-order valence-electron chi connectivity index (χ2n) is 4.05. The summed E-state index contributed by atoms with van der Waals surface area (Å²) in [4.78, 5) is 12.3. The molecule has 2 N–H and O–H groups in total. The lowest BCUT2D eigenvalue weighted by atomic mass is 10.0. The van der Waals surface area contributed by atoms with Crippen LogP contribution in [0.5, 0.6) is 0 Å². The molecule has 4 heteroatoms. The van der Waals surface area contributed by atoms with E-state index >= 15 is 0 Å². The van der Waals surface area contributed by atoms with Gasteiger partial charge in [-0.15, -0.1) is 0 Å². The molecule has 18 heavy (non-hydrogen) atoms. The Hall–Kier alpha value is -1.51. The molecular formula is C14H11Cl2NO. The second-order valence-corrected chi connectivity index (χ2v) is 4.86. The Labute approximate surface area is 115 Å². The molecule has 0 amide bonds. The molecule has 0 atom stereocenters. The number of benzene rings is 2. The zero-order chi connectivity index (χ0) is 13.3. The minimum atomic E-state index is -0.165. The van der Waals surface area contributed by atoms with E-state index in [1.54, 1.807) is 30.3 Å². The largest absolute Gasteiger partial charge is 0.398 e. The summed E-state index contributed by atoms with van der Waals surface area (Å²) in [6.45, 7) is 1.92. The van der Waals surface area contributed by atoms with E-state index in [2.05, 4.69) is 0 Å². The van der Waals surface area contributed by atoms with Crippen molar-refractivity contribution in [2.75, 3.05) is 5.73 Å². The van der Waals surface area contributed by atoms with E-state index in [1.807, 2.05) is 13.0 Å². The first-order chi connectivity index (χ1) is 8.49. The number of nitrogen functional groups attached to an aromatic ring is 1. The van der Waals surface area contributed by atoms with E-state index in [9.17, 15) is 4.79 Å². The highest BCUT2D eigenvalue weighted by atomic mass is 35.5. The summed E-state index contributed by atoms with van der Waals surface area (Å²) in [5, 5.41) is 0.803. The van der Waals surface area contributed by atoms with Crippen LogP contribution in [0.2, 0.25) is 10.0 Å². The fourth-order valence-electron chi connectivity index (χ4n) is 1.63. The third-order valence-corrected chi connectivity index (χ3v) is 3.27. The van der Waals surface area contributed by atoms with E-state index in [1.165, 1.54) is 0 Å². The standard InChI is InChI=1S/C14H11Cl2NO/c1-8-2-4-10(11(15)6-8)14(18)9-3-5-13(17)12(16)7-9/h2-7H,17H2,1H3. The van der Waals surface area contributed by atoms with Crippen molar-refractivity contribution in [1.82, 2.24) is 0 Å². The normalized spacial score (nSPS) is 10.4. The number of aryl methyl sites for hydroxylation is 1. The number of halogens is 2. The van der Waals surface area contributed by atoms with E-state index in [0.717, 1.165) is 5.56 Å². The molecule has 2 aromatic carbocycles. The van der Waals surface area contributed by atoms with Gasteiger partial charge in [0.1, 0.15) is 0 Å². The van der Waals surface area contributed by atoms with Crippen LogP contribution >= 0.6 is 23.2 Å². The van der Waals surface area contributed by atoms with Crippen LogP contribution in [0.3, 0.4) is 0 Å². The molecule has 0 aliphatic rings. The van der Waals surface area contributed by atoms with Gasteiger partial charge < -0.3 is 5.73 Å². The molecule has 2 aromatic rings. The highest BCUT2D eigenvalue weighted by molar-refractivity contribution is 6.36. The fraction of sp³-hybridized carbons (Fsp3) is 0.0714. The van der Waals surface area contributed by atoms with Crippen LogP contribution in [0.4, 0.5) is 5.69 Å². The number of nitrogens with two attached hydrogens (primary N) is 1. The molecule has 0 saturated heterocycles. The average molecular weight is 280 g/mol. The van der Waals surface area contributed by atoms with Gasteiger partial charge in [0.05, 0.1) is 15.7 Å². The molecule has 0 radical (unpaired) electrons. The molecule has 0 spiro atoms. The SMILES string of the molecule is Cc1ccc(C(=O)c2ccc(N)c(Cl)c2)c(Cl)c1. The summed E-state index contributed by atoms with van der Waals surface area (Å²) in [6.07, 6.45) is 0. The summed E-state index contributed by atoms with van der Waals surface area (Å²) in [6, 6.07) is 10.1. The maximum atomic E-state index is 12.3. The van der Waals surface area contributed by atoms with Gasteiger partial charge in [0.2, 0.25) is 0 Å². The van der Waals surface area contributed by atoms with Gasteiger partial charge in [-0.05, 0) is 42.8 Å². The number of hydrogen-bond acceptors (Lipinski definition) is 2. The molecule has 0 saturated carbocycles. The smallest absolute Gasteiger partial charge is 0.194 e. The predicted octanol–water partition coefficient (Wildman–Crippen LogP) is 4.12. The van der Waals surface area contributed by atoms with Crippen molar-refractivity contribution in [2.45, 2.75) is 6.92 Å². The van der Waals surface area contributed by atoms with E-state index in [-0.39, 0.29) is 5.78 Å². The molecule has 2 rings (SSSR count).